The van der Waals surface area contributed by atoms with Gasteiger partial charge in [0, 0.05) is 31.7 Å². The lowest BCUT2D eigenvalue weighted by Crippen LogP contribution is -2.09. The van der Waals surface area contributed by atoms with E-state index in [9.17, 15) is 0 Å². The number of aromatic nitrogens is 2. The van der Waals surface area contributed by atoms with E-state index in [0.29, 0.717) is 11.8 Å². The molecule has 1 aromatic heterocycles. The molecule has 1 saturated carbocycles. The van der Waals surface area contributed by atoms with Gasteiger partial charge in [-0.3, -0.25) is 0 Å². The second-order valence-electron chi connectivity index (χ2n) is 5.40. The maximum atomic E-state index is 5.73. The van der Waals surface area contributed by atoms with Crippen molar-refractivity contribution in [2.24, 2.45) is 0 Å². The first-order valence-electron chi connectivity index (χ1n) is 8.16. The van der Waals surface area contributed by atoms with Crippen LogP contribution < -0.4 is 10.1 Å². The van der Waals surface area contributed by atoms with Gasteiger partial charge in [-0.1, -0.05) is 13.3 Å². The van der Waals surface area contributed by atoms with E-state index in [2.05, 4.69) is 22.2 Å². The molecule has 0 atom stereocenters. The molecule has 0 unspecified atom stereocenters. The van der Waals surface area contributed by atoms with Gasteiger partial charge < -0.3 is 14.8 Å². The largest absolute Gasteiger partial charge is 0.478 e. The number of nitrogens with one attached hydrogen (secondary N) is 1. The highest BCUT2D eigenvalue weighted by atomic mass is 16.5. The first-order valence-corrected chi connectivity index (χ1v) is 8.16. The van der Waals surface area contributed by atoms with Gasteiger partial charge in [-0.15, -0.1) is 0 Å². The van der Waals surface area contributed by atoms with Crippen LogP contribution in [0.3, 0.4) is 0 Å². The Hall–Kier alpha value is -1.36. The lowest BCUT2D eigenvalue weighted by atomic mass is 10.3. The Balaban J connectivity index is 1.88. The van der Waals surface area contributed by atoms with Crippen molar-refractivity contribution < 1.29 is 9.47 Å². The molecule has 21 heavy (non-hydrogen) atoms. The van der Waals surface area contributed by atoms with E-state index >= 15 is 0 Å². The zero-order chi connectivity index (χ0) is 14.9. The summed E-state index contributed by atoms with van der Waals surface area (Å²) in [7, 11) is 0. The Labute approximate surface area is 127 Å². The van der Waals surface area contributed by atoms with Crippen LogP contribution in [0.25, 0.3) is 0 Å². The van der Waals surface area contributed by atoms with Gasteiger partial charge in [0.05, 0.1) is 6.61 Å². The highest BCUT2D eigenvalue weighted by Crippen LogP contribution is 2.39. The van der Waals surface area contributed by atoms with Gasteiger partial charge in [-0.25, -0.2) is 4.98 Å². The summed E-state index contributed by atoms with van der Waals surface area (Å²) in [6.07, 6.45) is 5.55. The summed E-state index contributed by atoms with van der Waals surface area (Å²) in [4.78, 5) is 9.13. The molecule has 1 heterocycles. The molecule has 5 heteroatoms. The minimum Gasteiger partial charge on any atom is -0.478 e. The van der Waals surface area contributed by atoms with Crippen LogP contribution in [0.4, 0.5) is 5.82 Å². The van der Waals surface area contributed by atoms with Gasteiger partial charge in [-0.2, -0.15) is 4.98 Å². The molecule has 2 rings (SSSR count). The predicted molar refractivity (Wildman–Crippen MR) is 84.0 cm³/mol. The minimum absolute atomic E-state index is 0.531. The molecule has 1 aliphatic carbocycles. The number of anilines is 1. The van der Waals surface area contributed by atoms with Crippen LogP contribution >= 0.6 is 0 Å². The normalized spacial score (nSPS) is 14.2. The monoisotopic (exact) mass is 293 g/mol. The summed E-state index contributed by atoms with van der Waals surface area (Å²) in [5.41, 5.74) is 0. The molecular weight excluding hydrogens is 266 g/mol. The van der Waals surface area contributed by atoms with Crippen LogP contribution in [0, 0.1) is 0 Å². The molecule has 1 N–H and O–H groups in total. The van der Waals surface area contributed by atoms with Crippen LogP contribution in [0.1, 0.15) is 57.7 Å². The van der Waals surface area contributed by atoms with Crippen molar-refractivity contribution in [2.75, 3.05) is 31.7 Å². The lowest BCUT2D eigenvalue weighted by Gasteiger charge is -2.10. The van der Waals surface area contributed by atoms with E-state index in [0.717, 1.165) is 57.3 Å². The maximum Gasteiger partial charge on any atom is 0.218 e. The number of unbranched alkanes of at least 4 members (excludes halogenated alkanes) is 1. The average Bonchev–Trinajstić information content (AvgIpc) is 3.32. The summed E-state index contributed by atoms with van der Waals surface area (Å²) in [5, 5.41) is 3.35. The van der Waals surface area contributed by atoms with Crippen molar-refractivity contribution in [3.8, 4) is 5.88 Å². The predicted octanol–water partition coefficient (Wildman–Crippen LogP) is 3.37. The quantitative estimate of drug-likeness (QED) is 0.634. The summed E-state index contributed by atoms with van der Waals surface area (Å²) >= 11 is 0. The van der Waals surface area contributed by atoms with Crippen molar-refractivity contribution in [2.45, 2.75) is 51.9 Å². The van der Waals surface area contributed by atoms with E-state index in [1.54, 1.807) is 0 Å². The Morgan fingerprint density at radius 3 is 2.76 bits per heavy atom. The molecule has 0 saturated heterocycles. The summed E-state index contributed by atoms with van der Waals surface area (Å²) in [6.45, 7) is 7.31. The number of nitrogens with zero attached hydrogens (tertiary/aromatic N) is 2. The smallest absolute Gasteiger partial charge is 0.218 e. The lowest BCUT2D eigenvalue weighted by molar-refractivity contribution is 0.147. The zero-order valence-electron chi connectivity index (χ0n) is 13.2. The molecule has 0 spiro atoms. The highest BCUT2D eigenvalue weighted by Gasteiger charge is 2.27. The van der Waals surface area contributed by atoms with Gasteiger partial charge in [-0.05, 0) is 32.6 Å². The van der Waals surface area contributed by atoms with Crippen molar-refractivity contribution >= 4 is 5.82 Å². The number of ether oxygens (including phenoxy) is 2. The number of hydrogen-bond acceptors (Lipinski definition) is 5. The van der Waals surface area contributed by atoms with Crippen molar-refractivity contribution in [3.05, 3.63) is 11.9 Å². The fourth-order valence-electron chi connectivity index (χ4n) is 1.99. The van der Waals surface area contributed by atoms with Crippen molar-refractivity contribution in [1.82, 2.24) is 9.97 Å². The van der Waals surface area contributed by atoms with Gasteiger partial charge in [0.15, 0.2) is 0 Å². The fourth-order valence-corrected chi connectivity index (χ4v) is 1.99. The van der Waals surface area contributed by atoms with Crippen LogP contribution in [0.2, 0.25) is 0 Å². The summed E-state index contributed by atoms with van der Waals surface area (Å²) in [6, 6.07) is 1.90. The molecule has 0 aromatic carbocycles. The van der Waals surface area contributed by atoms with E-state index in [1.165, 1.54) is 12.8 Å². The first-order chi connectivity index (χ1) is 10.3. The third-order valence-corrected chi connectivity index (χ3v) is 3.39. The number of hydrogen-bond donors (Lipinski definition) is 1. The van der Waals surface area contributed by atoms with E-state index < -0.39 is 0 Å². The average molecular weight is 293 g/mol. The van der Waals surface area contributed by atoms with Crippen LogP contribution in [0.5, 0.6) is 5.88 Å². The molecule has 118 valence electrons. The second kappa shape index (κ2) is 8.82. The molecule has 0 aliphatic heterocycles. The molecule has 5 nitrogen and oxygen atoms in total. The zero-order valence-corrected chi connectivity index (χ0v) is 13.2. The highest BCUT2D eigenvalue weighted by molar-refractivity contribution is 5.39. The van der Waals surface area contributed by atoms with Gasteiger partial charge in [0.25, 0.3) is 0 Å². The molecule has 1 aromatic rings. The standard InChI is InChI=1S/C16H27N3O2/c1-3-5-11-21-15-12-14(17-9-6-10-20-4-2)18-16(19-15)13-7-8-13/h12-13H,3-11H2,1-2H3,(H,17,18,19). The molecule has 0 radical (unpaired) electrons. The Bertz CT molecular complexity index is 422. The van der Waals surface area contributed by atoms with Crippen LogP contribution in [0.15, 0.2) is 6.07 Å². The number of rotatable bonds is 11. The fraction of sp³-hybridized carbons (Fsp3) is 0.750. The second-order valence-corrected chi connectivity index (χ2v) is 5.40. The van der Waals surface area contributed by atoms with E-state index in [4.69, 9.17) is 9.47 Å². The van der Waals surface area contributed by atoms with Gasteiger partial charge in [0.1, 0.15) is 11.6 Å². The van der Waals surface area contributed by atoms with Crippen molar-refractivity contribution in [1.29, 1.82) is 0 Å². The van der Waals surface area contributed by atoms with Gasteiger partial charge >= 0.3 is 0 Å². The first kappa shape index (κ1) is 16.0. The minimum atomic E-state index is 0.531. The Morgan fingerprint density at radius 1 is 1.19 bits per heavy atom. The molecule has 0 bridgehead atoms. The molecular formula is C16H27N3O2. The summed E-state index contributed by atoms with van der Waals surface area (Å²) in [5.74, 6) is 3.03. The summed E-state index contributed by atoms with van der Waals surface area (Å²) < 4.78 is 11.1. The van der Waals surface area contributed by atoms with E-state index in [-0.39, 0.29) is 0 Å². The van der Waals surface area contributed by atoms with Crippen molar-refractivity contribution in [3.63, 3.8) is 0 Å². The third-order valence-electron chi connectivity index (χ3n) is 3.39. The maximum absolute atomic E-state index is 5.73. The Morgan fingerprint density at radius 2 is 2.05 bits per heavy atom. The third kappa shape index (κ3) is 5.87. The molecule has 1 aliphatic rings. The van der Waals surface area contributed by atoms with Crippen LogP contribution in [-0.2, 0) is 4.74 Å². The van der Waals surface area contributed by atoms with E-state index in [1.807, 2.05) is 13.0 Å². The molecule has 1 fully saturated rings. The molecule has 0 amide bonds. The SMILES string of the molecule is CCCCOc1cc(NCCCOCC)nc(C2CC2)n1. The Kier molecular flexibility index (Phi) is 6.73. The van der Waals surface area contributed by atoms with Gasteiger partial charge in [0.2, 0.25) is 5.88 Å². The van der Waals surface area contributed by atoms with Crippen LogP contribution in [-0.4, -0.2) is 36.3 Å². The topological polar surface area (TPSA) is 56.3 Å².